The van der Waals surface area contributed by atoms with Crippen LogP contribution in [0.5, 0.6) is 0 Å². The van der Waals surface area contributed by atoms with E-state index in [0.29, 0.717) is 18.8 Å². The van der Waals surface area contributed by atoms with E-state index in [1.165, 1.54) is 17.8 Å². The number of halogens is 1. The Morgan fingerprint density at radius 3 is 2.55 bits per heavy atom. The molecule has 0 saturated carbocycles. The Bertz CT molecular complexity index is 1120. The Balaban J connectivity index is 1.60. The van der Waals surface area contributed by atoms with Crippen molar-refractivity contribution in [1.29, 1.82) is 0 Å². The number of amides is 2. The fourth-order valence-electron chi connectivity index (χ4n) is 3.68. The number of rotatable bonds is 7. The molecule has 1 aliphatic heterocycles. The van der Waals surface area contributed by atoms with Crippen molar-refractivity contribution in [3.05, 3.63) is 64.5 Å². The van der Waals surface area contributed by atoms with Crippen LogP contribution in [0.4, 0.5) is 20.6 Å². The number of ether oxygens (including phenoxy) is 1. The van der Waals surface area contributed by atoms with Crippen LogP contribution < -0.4 is 20.3 Å². The summed E-state index contributed by atoms with van der Waals surface area (Å²) >= 11 is 1.55. The zero-order valence-electron chi connectivity index (χ0n) is 18.6. The molecule has 0 unspecified atom stereocenters. The van der Waals surface area contributed by atoms with Crippen molar-refractivity contribution in [3.8, 4) is 11.3 Å². The molecule has 2 heterocycles. The number of aromatic nitrogens is 1. The third kappa shape index (κ3) is 6.00. The summed E-state index contributed by atoms with van der Waals surface area (Å²) in [7, 11) is 1.60. The van der Waals surface area contributed by atoms with Crippen LogP contribution in [0.25, 0.3) is 11.3 Å². The van der Waals surface area contributed by atoms with Crippen molar-refractivity contribution in [1.82, 2.24) is 15.2 Å². The summed E-state index contributed by atoms with van der Waals surface area (Å²) < 4.78 is 20.9. The van der Waals surface area contributed by atoms with Gasteiger partial charge in [-0.2, -0.15) is 0 Å². The van der Waals surface area contributed by atoms with E-state index in [-0.39, 0.29) is 11.8 Å². The lowest BCUT2D eigenvalue weighted by Crippen LogP contribution is -2.36. The van der Waals surface area contributed by atoms with Gasteiger partial charge in [-0.1, -0.05) is 12.1 Å². The van der Waals surface area contributed by atoms with E-state index in [0.717, 1.165) is 48.8 Å². The number of anilines is 1. The molecule has 2 aromatic carbocycles. The van der Waals surface area contributed by atoms with Gasteiger partial charge in [-0.05, 0) is 48.4 Å². The Labute approximate surface area is 196 Å². The van der Waals surface area contributed by atoms with E-state index in [1.807, 2.05) is 0 Å². The predicted octanol–water partition coefficient (Wildman–Crippen LogP) is 3.74. The summed E-state index contributed by atoms with van der Waals surface area (Å²) in [5.74, 6) is -0.283. The molecule has 4 rings (SSSR count). The van der Waals surface area contributed by atoms with Gasteiger partial charge in [0.1, 0.15) is 5.82 Å². The van der Waals surface area contributed by atoms with Crippen LogP contribution in [0, 0.1) is 5.82 Å². The lowest BCUT2D eigenvalue weighted by Gasteiger charge is -2.28. The van der Waals surface area contributed by atoms with E-state index >= 15 is 0 Å². The standard InChI is InChI=1S/C24H28FN5O2S/c1-26-23(31)27-11-2-12-30-22(17-33-24(30)28-20-7-5-19(25)6-8-20)18-3-9-21(10-4-18)29-13-15-32-16-14-29/h3-10,17H,2,11-16H2,1H3,(H2,26,27,31). The molecule has 2 N–H and O–H groups in total. The number of benzene rings is 2. The molecular weight excluding hydrogens is 441 g/mol. The molecule has 174 valence electrons. The van der Waals surface area contributed by atoms with Gasteiger partial charge in [0.05, 0.1) is 24.6 Å². The molecule has 1 saturated heterocycles. The van der Waals surface area contributed by atoms with Crippen molar-refractivity contribution in [2.75, 3.05) is 44.8 Å². The molecule has 3 aromatic rings. The summed E-state index contributed by atoms with van der Waals surface area (Å²) in [6, 6.07) is 14.5. The quantitative estimate of drug-likeness (QED) is 0.518. The highest BCUT2D eigenvalue weighted by molar-refractivity contribution is 7.07. The molecule has 2 amide bonds. The normalized spacial score (nSPS) is 14.4. The van der Waals surface area contributed by atoms with E-state index in [9.17, 15) is 9.18 Å². The lowest BCUT2D eigenvalue weighted by molar-refractivity contribution is 0.122. The van der Waals surface area contributed by atoms with Crippen LogP contribution in [0.1, 0.15) is 6.42 Å². The number of thiazole rings is 1. The molecule has 0 aliphatic carbocycles. The van der Waals surface area contributed by atoms with Crippen molar-refractivity contribution in [3.63, 3.8) is 0 Å². The SMILES string of the molecule is CNC(=O)NCCCn1c(-c2ccc(N3CCOCC3)cc2)csc1=Nc1ccc(F)cc1. The fraction of sp³-hybridized carbons (Fsp3) is 0.333. The second kappa shape index (κ2) is 11.1. The highest BCUT2D eigenvalue weighted by atomic mass is 32.1. The monoisotopic (exact) mass is 469 g/mol. The molecule has 0 atom stereocenters. The van der Waals surface area contributed by atoms with Gasteiger partial charge < -0.3 is 24.8 Å². The van der Waals surface area contributed by atoms with Crippen LogP contribution in [-0.4, -0.2) is 50.5 Å². The van der Waals surface area contributed by atoms with Crippen molar-refractivity contribution >= 4 is 28.7 Å². The molecule has 0 radical (unpaired) electrons. The van der Waals surface area contributed by atoms with Crippen LogP contribution in [-0.2, 0) is 11.3 Å². The van der Waals surface area contributed by atoms with E-state index in [2.05, 4.69) is 49.7 Å². The van der Waals surface area contributed by atoms with E-state index in [4.69, 9.17) is 9.73 Å². The number of nitrogens with zero attached hydrogens (tertiary/aromatic N) is 3. The molecule has 0 spiro atoms. The van der Waals surface area contributed by atoms with E-state index < -0.39 is 0 Å². The maximum atomic E-state index is 13.3. The van der Waals surface area contributed by atoms with E-state index in [1.54, 1.807) is 30.5 Å². The number of morpholine rings is 1. The fourth-order valence-corrected chi connectivity index (χ4v) is 4.64. The summed E-state index contributed by atoms with van der Waals surface area (Å²) in [5.41, 5.74) is 4.05. The molecule has 0 bridgehead atoms. The zero-order valence-corrected chi connectivity index (χ0v) is 19.4. The van der Waals surface area contributed by atoms with Gasteiger partial charge in [-0.25, -0.2) is 14.2 Å². The first-order valence-electron chi connectivity index (χ1n) is 11.0. The van der Waals surface area contributed by atoms with Crippen LogP contribution >= 0.6 is 11.3 Å². The second-order valence-electron chi connectivity index (χ2n) is 7.65. The van der Waals surface area contributed by atoms with Gasteiger partial charge in [0.2, 0.25) is 0 Å². The first-order chi connectivity index (χ1) is 16.1. The van der Waals surface area contributed by atoms with Gasteiger partial charge in [0, 0.05) is 44.3 Å². The zero-order chi connectivity index (χ0) is 23.0. The van der Waals surface area contributed by atoms with Gasteiger partial charge in [0.15, 0.2) is 4.80 Å². The highest BCUT2D eigenvalue weighted by Crippen LogP contribution is 2.25. The van der Waals surface area contributed by atoms with Crippen molar-refractivity contribution < 1.29 is 13.9 Å². The Hall–Kier alpha value is -3.17. The average Bonchev–Trinajstić information content (AvgIpc) is 3.26. The highest BCUT2D eigenvalue weighted by Gasteiger charge is 2.13. The number of hydrogen-bond donors (Lipinski definition) is 2. The first kappa shape index (κ1) is 23.0. The summed E-state index contributed by atoms with van der Waals surface area (Å²) in [6.07, 6.45) is 0.750. The average molecular weight is 470 g/mol. The van der Waals surface area contributed by atoms with Gasteiger partial charge in [-0.3, -0.25) is 0 Å². The smallest absolute Gasteiger partial charge is 0.314 e. The van der Waals surface area contributed by atoms with Gasteiger partial charge >= 0.3 is 6.03 Å². The van der Waals surface area contributed by atoms with Crippen LogP contribution in [0.15, 0.2) is 58.9 Å². The van der Waals surface area contributed by atoms with Gasteiger partial charge in [-0.15, -0.1) is 11.3 Å². The molecule has 7 nitrogen and oxygen atoms in total. The molecule has 1 aromatic heterocycles. The largest absolute Gasteiger partial charge is 0.378 e. The van der Waals surface area contributed by atoms with Crippen LogP contribution in [0.3, 0.4) is 0 Å². The minimum Gasteiger partial charge on any atom is -0.378 e. The Morgan fingerprint density at radius 2 is 1.85 bits per heavy atom. The Morgan fingerprint density at radius 1 is 1.12 bits per heavy atom. The summed E-state index contributed by atoms with van der Waals surface area (Å²) in [5, 5.41) is 7.48. The topological polar surface area (TPSA) is 70.9 Å². The number of hydrogen-bond acceptors (Lipinski definition) is 5. The number of urea groups is 1. The van der Waals surface area contributed by atoms with Crippen LogP contribution in [0.2, 0.25) is 0 Å². The third-order valence-electron chi connectivity index (χ3n) is 5.46. The number of nitrogens with one attached hydrogen (secondary N) is 2. The Kier molecular flexibility index (Phi) is 7.74. The van der Waals surface area contributed by atoms with Crippen molar-refractivity contribution in [2.45, 2.75) is 13.0 Å². The molecule has 33 heavy (non-hydrogen) atoms. The molecule has 1 fully saturated rings. The lowest BCUT2D eigenvalue weighted by atomic mass is 10.1. The van der Waals surface area contributed by atoms with Gasteiger partial charge in [0.25, 0.3) is 0 Å². The molecule has 1 aliphatic rings. The maximum Gasteiger partial charge on any atom is 0.314 e. The predicted molar refractivity (Wildman–Crippen MR) is 129 cm³/mol. The minimum absolute atomic E-state index is 0.194. The molecule has 9 heteroatoms. The third-order valence-corrected chi connectivity index (χ3v) is 6.32. The second-order valence-corrected chi connectivity index (χ2v) is 8.49. The number of carbonyl (C=O) groups excluding carboxylic acids is 1. The maximum absolute atomic E-state index is 13.3. The summed E-state index contributed by atoms with van der Waals surface area (Å²) in [4.78, 5) is 19.4. The van der Waals surface area contributed by atoms with Crippen molar-refractivity contribution in [2.24, 2.45) is 4.99 Å². The molecular formula is C24H28FN5O2S. The number of carbonyl (C=O) groups is 1. The minimum atomic E-state index is -0.283. The first-order valence-corrected chi connectivity index (χ1v) is 11.9. The summed E-state index contributed by atoms with van der Waals surface area (Å²) in [6.45, 7) is 4.55.